The quantitative estimate of drug-likeness (QED) is 0.366. The Morgan fingerprint density at radius 2 is 1.89 bits per heavy atom. The van der Waals surface area contributed by atoms with E-state index in [2.05, 4.69) is 57.3 Å². The van der Waals surface area contributed by atoms with Crippen molar-refractivity contribution in [1.82, 2.24) is 0 Å². The van der Waals surface area contributed by atoms with Crippen LogP contribution in [0.25, 0.3) is 22.3 Å². The molecule has 0 unspecified atom stereocenters. The molecule has 0 spiro atoms. The van der Waals surface area contributed by atoms with E-state index in [1.807, 2.05) is 25.1 Å². The number of benzene rings is 2. The fourth-order valence-corrected chi connectivity index (χ4v) is 3.77. The molecule has 3 rings (SSSR count). The zero-order chi connectivity index (χ0) is 12.9. The summed E-state index contributed by atoms with van der Waals surface area (Å²) in [5.74, 6) is 0.680. The SMILES string of the molecule is Cc1ccc2cc3cc(I)c(=O)c(I)c-3oc2c1. The van der Waals surface area contributed by atoms with Crippen LogP contribution in [0.15, 0.2) is 39.5 Å². The van der Waals surface area contributed by atoms with E-state index >= 15 is 0 Å². The number of rotatable bonds is 0. The molecule has 18 heavy (non-hydrogen) atoms. The van der Waals surface area contributed by atoms with E-state index < -0.39 is 0 Å². The summed E-state index contributed by atoms with van der Waals surface area (Å²) in [5.41, 5.74) is 2.98. The number of hydrogen-bond acceptors (Lipinski definition) is 2. The van der Waals surface area contributed by atoms with Crippen LogP contribution in [0.3, 0.4) is 0 Å². The van der Waals surface area contributed by atoms with Crippen molar-refractivity contribution < 1.29 is 4.42 Å². The summed E-state index contributed by atoms with van der Waals surface area (Å²) >= 11 is 4.13. The highest BCUT2D eigenvalue weighted by molar-refractivity contribution is 14.1. The molecule has 0 bridgehead atoms. The molecular formula is C14H8I2O2. The topological polar surface area (TPSA) is 30.2 Å². The van der Waals surface area contributed by atoms with Crippen LogP contribution in [0.1, 0.15) is 5.56 Å². The van der Waals surface area contributed by atoms with Gasteiger partial charge in [0.15, 0.2) is 5.76 Å². The molecule has 0 saturated heterocycles. The first-order valence-corrected chi connectivity index (χ1v) is 7.54. The van der Waals surface area contributed by atoms with Gasteiger partial charge in [0.05, 0.1) is 3.57 Å². The van der Waals surface area contributed by atoms with Crippen LogP contribution in [-0.2, 0) is 0 Å². The van der Waals surface area contributed by atoms with Crippen LogP contribution >= 0.6 is 45.2 Å². The van der Waals surface area contributed by atoms with Crippen molar-refractivity contribution in [2.24, 2.45) is 0 Å². The molecule has 0 saturated carbocycles. The second-order valence-corrected chi connectivity index (χ2v) is 6.45. The molecule has 0 aromatic heterocycles. The van der Waals surface area contributed by atoms with Crippen molar-refractivity contribution >= 4 is 56.2 Å². The summed E-state index contributed by atoms with van der Waals surface area (Å²) < 4.78 is 7.26. The summed E-state index contributed by atoms with van der Waals surface area (Å²) in [5, 5.41) is 1.05. The standard InChI is InChI=1S/C14H8I2O2/c1-7-2-3-8-5-9-6-10(15)13(17)12(16)14(9)18-11(8)4-7/h2-6H,1H3. The minimum absolute atomic E-state index is 0.0412. The Morgan fingerprint density at radius 1 is 1.11 bits per heavy atom. The van der Waals surface area contributed by atoms with Crippen molar-refractivity contribution in [1.29, 1.82) is 0 Å². The van der Waals surface area contributed by atoms with E-state index in [1.165, 1.54) is 0 Å². The van der Waals surface area contributed by atoms with Crippen LogP contribution in [0.4, 0.5) is 0 Å². The molecule has 0 atom stereocenters. The number of hydrogen-bond donors (Lipinski definition) is 0. The Labute approximate surface area is 131 Å². The predicted molar refractivity (Wildman–Crippen MR) is 89.3 cm³/mol. The Morgan fingerprint density at radius 3 is 2.67 bits per heavy atom. The molecule has 0 fully saturated rings. The van der Waals surface area contributed by atoms with Gasteiger partial charge in [0.2, 0.25) is 5.43 Å². The second kappa shape index (κ2) is 4.48. The van der Waals surface area contributed by atoms with Crippen LogP contribution in [0, 0.1) is 14.1 Å². The highest BCUT2D eigenvalue weighted by Gasteiger charge is 2.16. The average Bonchev–Trinajstić information content (AvgIpc) is 2.35. The van der Waals surface area contributed by atoms with E-state index in [9.17, 15) is 4.79 Å². The molecule has 1 aromatic rings. The Bertz CT molecular complexity index is 790. The minimum Gasteiger partial charge on any atom is -0.455 e. The molecule has 0 amide bonds. The predicted octanol–water partition coefficient (Wildman–Crippen LogP) is 4.42. The number of fused-ring (bicyclic) bond motifs is 2. The van der Waals surface area contributed by atoms with Gasteiger partial charge in [-0.25, -0.2) is 0 Å². The Balaban J connectivity index is 2.50. The van der Waals surface area contributed by atoms with Gasteiger partial charge in [-0.05, 0) is 75.9 Å². The zero-order valence-electron chi connectivity index (χ0n) is 9.46. The van der Waals surface area contributed by atoms with E-state index in [1.54, 1.807) is 0 Å². The van der Waals surface area contributed by atoms with E-state index in [0.717, 1.165) is 25.7 Å². The smallest absolute Gasteiger partial charge is 0.209 e. The summed E-state index contributed by atoms with van der Waals surface area (Å²) in [6, 6.07) is 10.0. The minimum atomic E-state index is 0.0412. The lowest BCUT2D eigenvalue weighted by atomic mass is 10.1. The van der Waals surface area contributed by atoms with Crippen LogP contribution in [-0.4, -0.2) is 0 Å². The monoisotopic (exact) mass is 462 g/mol. The molecule has 2 nitrogen and oxygen atoms in total. The maximum Gasteiger partial charge on any atom is 0.209 e. The van der Waals surface area contributed by atoms with Gasteiger partial charge in [-0.15, -0.1) is 0 Å². The van der Waals surface area contributed by atoms with Gasteiger partial charge in [0.1, 0.15) is 9.15 Å². The van der Waals surface area contributed by atoms with Crippen LogP contribution < -0.4 is 5.43 Å². The molecule has 1 aromatic carbocycles. The van der Waals surface area contributed by atoms with Gasteiger partial charge in [-0.1, -0.05) is 12.1 Å². The van der Waals surface area contributed by atoms with Gasteiger partial charge in [0, 0.05) is 10.9 Å². The first kappa shape index (κ1) is 12.4. The number of aryl methyl sites for hydroxylation is 1. The highest BCUT2D eigenvalue weighted by Crippen LogP contribution is 2.31. The first-order chi connectivity index (χ1) is 8.56. The fourth-order valence-electron chi connectivity index (χ4n) is 1.94. The lowest BCUT2D eigenvalue weighted by molar-refractivity contribution is 0.614. The molecule has 0 N–H and O–H groups in total. The van der Waals surface area contributed by atoms with Gasteiger partial charge in [-0.2, -0.15) is 0 Å². The largest absolute Gasteiger partial charge is 0.455 e. The Hall–Kier alpha value is -0.630. The molecule has 1 aliphatic carbocycles. The van der Waals surface area contributed by atoms with E-state index in [-0.39, 0.29) is 5.43 Å². The third-order valence-electron chi connectivity index (χ3n) is 2.85. The van der Waals surface area contributed by atoms with E-state index in [4.69, 9.17) is 4.42 Å². The molecule has 2 aliphatic rings. The summed E-state index contributed by atoms with van der Waals surface area (Å²) in [6.45, 7) is 2.02. The van der Waals surface area contributed by atoms with Crippen molar-refractivity contribution in [3.8, 4) is 11.3 Å². The third-order valence-corrected chi connectivity index (χ3v) is 4.63. The zero-order valence-corrected chi connectivity index (χ0v) is 13.8. The van der Waals surface area contributed by atoms with Gasteiger partial charge in [-0.3, -0.25) is 4.79 Å². The molecule has 0 radical (unpaired) electrons. The van der Waals surface area contributed by atoms with Crippen LogP contribution in [0.2, 0.25) is 0 Å². The van der Waals surface area contributed by atoms with Gasteiger partial charge in [0.25, 0.3) is 0 Å². The lowest BCUT2D eigenvalue weighted by Crippen LogP contribution is -2.11. The average molecular weight is 462 g/mol. The van der Waals surface area contributed by atoms with Crippen molar-refractivity contribution in [3.63, 3.8) is 0 Å². The maximum absolute atomic E-state index is 11.9. The van der Waals surface area contributed by atoms with Gasteiger partial charge >= 0.3 is 0 Å². The summed E-state index contributed by atoms with van der Waals surface area (Å²) in [6.07, 6.45) is 0. The molecule has 1 aliphatic heterocycles. The van der Waals surface area contributed by atoms with Gasteiger partial charge < -0.3 is 4.42 Å². The highest BCUT2D eigenvalue weighted by atomic mass is 127. The molecule has 4 heteroatoms. The van der Waals surface area contributed by atoms with Crippen molar-refractivity contribution in [3.05, 3.63) is 53.3 Å². The maximum atomic E-state index is 11.9. The van der Waals surface area contributed by atoms with Crippen molar-refractivity contribution in [2.75, 3.05) is 0 Å². The first-order valence-electron chi connectivity index (χ1n) is 5.38. The third kappa shape index (κ3) is 1.95. The summed E-state index contributed by atoms with van der Waals surface area (Å²) in [4.78, 5) is 11.9. The Kier molecular flexibility index (Phi) is 3.09. The molecule has 1 heterocycles. The lowest BCUT2D eigenvalue weighted by Gasteiger charge is -2.09. The molecule has 90 valence electrons. The number of halogens is 2. The van der Waals surface area contributed by atoms with Crippen LogP contribution in [0.5, 0.6) is 0 Å². The van der Waals surface area contributed by atoms with Crippen molar-refractivity contribution in [2.45, 2.75) is 6.92 Å². The summed E-state index contributed by atoms with van der Waals surface area (Å²) in [7, 11) is 0. The fraction of sp³-hybridized carbons (Fsp3) is 0.0714. The molecular weight excluding hydrogens is 454 g/mol. The normalized spacial score (nSPS) is 11.3. The van der Waals surface area contributed by atoms with E-state index in [0.29, 0.717) is 9.33 Å². The second-order valence-electron chi connectivity index (χ2n) is 4.21.